The normalized spacial score (nSPS) is 16.5. The summed E-state index contributed by atoms with van der Waals surface area (Å²) in [5.74, 6) is 1.06. The van der Waals surface area contributed by atoms with E-state index in [-0.39, 0.29) is 18.4 Å². The molecular weight excluding hydrogens is 595 g/mol. The molecule has 0 saturated carbocycles. The summed E-state index contributed by atoms with van der Waals surface area (Å²) in [6.45, 7) is 4.04. The maximum Gasteiger partial charge on any atom is 0.303 e. The number of halogens is 2. The Labute approximate surface area is 261 Å². The average Bonchev–Trinajstić information content (AvgIpc) is 2.95. The molecule has 0 radical (unpaired) electrons. The van der Waals surface area contributed by atoms with Crippen LogP contribution in [0, 0.1) is 5.92 Å². The van der Waals surface area contributed by atoms with Crippen molar-refractivity contribution in [1.82, 2.24) is 19.9 Å². The van der Waals surface area contributed by atoms with Gasteiger partial charge >= 0.3 is 5.97 Å². The van der Waals surface area contributed by atoms with Crippen LogP contribution in [0.5, 0.6) is 11.6 Å². The number of nitrogens with zero attached hydrogens (tertiary/aromatic N) is 5. The van der Waals surface area contributed by atoms with Crippen LogP contribution in [0.15, 0.2) is 42.7 Å². The molecule has 9 nitrogen and oxygen atoms in total. The second-order valence-corrected chi connectivity index (χ2v) is 12.4. The summed E-state index contributed by atoms with van der Waals surface area (Å²) in [5, 5.41) is 10.2. The fourth-order valence-corrected chi connectivity index (χ4v) is 5.68. The summed E-state index contributed by atoms with van der Waals surface area (Å²) < 4.78 is 6.13. The minimum absolute atomic E-state index is 0.226. The number of anilines is 1. The lowest BCUT2D eigenvalue weighted by Crippen LogP contribution is -2.40. The number of carbonyl (C=O) groups is 1. The van der Waals surface area contributed by atoms with Crippen molar-refractivity contribution >= 4 is 46.9 Å². The van der Waals surface area contributed by atoms with E-state index < -0.39 is 5.97 Å². The minimum atomic E-state index is -0.730. The summed E-state index contributed by atoms with van der Waals surface area (Å²) in [7, 11) is 0. The smallest absolute Gasteiger partial charge is 0.303 e. The SMILES string of the molecule is CSC.NC1CCN(c2ncc(Oc3cc(CN4CCC(CC(=O)O)CC4)cc(-c4cc(Cl)cc(Cl)c4)n3)cn2)CC1. The molecule has 2 aliphatic heterocycles. The molecule has 2 aliphatic rings. The van der Waals surface area contributed by atoms with Crippen molar-refractivity contribution in [3.63, 3.8) is 0 Å². The van der Waals surface area contributed by atoms with Gasteiger partial charge in [-0.05, 0) is 87.0 Å². The van der Waals surface area contributed by atoms with E-state index in [2.05, 4.69) is 19.8 Å². The molecule has 12 heteroatoms. The Balaban J connectivity index is 0.00000129. The zero-order valence-electron chi connectivity index (χ0n) is 24.0. The van der Waals surface area contributed by atoms with Gasteiger partial charge in [0.05, 0.1) is 18.1 Å². The molecule has 5 rings (SSSR count). The predicted molar refractivity (Wildman–Crippen MR) is 171 cm³/mol. The molecule has 2 fully saturated rings. The van der Waals surface area contributed by atoms with Gasteiger partial charge in [-0.3, -0.25) is 9.69 Å². The second-order valence-electron chi connectivity index (χ2n) is 10.7. The second kappa shape index (κ2) is 15.7. The zero-order valence-corrected chi connectivity index (χ0v) is 26.3. The molecule has 0 atom stereocenters. The number of nitrogens with two attached hydrogens (primary N) is 1. The van der Waals surface area contributed by atoms with Gasteiger partial charge in [-0.2, -0.15) is 11.8 Å². The van der Waals surface area contributed by atoms with Crippen molar-refractivity contribution in [2.75, 3.05) is 43.6 Å². The average molecular weight is 634 g/mol. The molecule has 42 heavy (non-hydrogen) atoms. The summed E-state index contributed by atoms with van der Waals surface area (Å²) in [6, 6.07) is 9.50. The molecule has 3 N–H and O–H groups in total. The lowest BCUT2D eigenvalue weighted by atomic mass is 9.93. The van der Waals surface area contributed by atoms with Crippen LogP contribution in [-0.2, 0) is 11.3 Å². The molecule has 3 aromatic rings. The molecule has 0 unspecified atom stereocenters. The Bertz CT molecular complexity index is 1300. The maximum atomic E-state index is 11.1. The van der Waals surface area contributed by atoms with E-state index in [1.807, 2.05) is 36.8 Å². The summed E-state index contributed by atoms with van der Waals surface area (Å²) >= 11 is 14.3. The highest BCUT2D eigenvalue weighted by Gasteiger charge is 2.22. The van der Waals surface area contributed by atoms with E-state index in [0.29, 0.717) is 39.9 Å². The van der Waals surface area contributed by atoms with Crippen molar-refractivity contribution < 1.29 is 14.6 Å². The number of piperidine rings is 2. The molecule has 0 aliphatic carbocycles. The third-order valence-corrected chi connectivity index (χ3v) is 7.69. The number of aliphatic carboxylic acids is 1. The highest BCUT2D eigenvalue weighted by Crippen LogP contribution is 2.31. The van der Waals surface area contributed by atoms with Crippen LogP contribution in [0.25, 0.3) is 11.3 Å². The van der Waals surface area contributed by atoms with Crippen LogP contribution in [-0.4, -0.2) is 75.7 Å². The van der Waals surface area contributed by atoms with E-state index in [4.69, 9.17) is 43.8 Å². The number of hydrogen-bond acceptors (Lipinski definition) is 9. The number of thioether (sulfide) groups is 1. The molecule has 4 heterocycles. The van der Waals surface area contributed by atoms with Crippen LogP contribution >= 0.6 is 35.0 Å². The standard InChI is InChI=1S/C28H32Cl2N6O3.C2H6S/c29-21-12-20(13-22(30)14-21)25-9-19(17-35-5-1-18(2-6-35)11-27(37)38)10-26(34-25)39-24-15-32-28(33-16-24)36-7-3-23(31)4-8-36;1-3-2/h9-10,12-16,18,23H,1-8,11,17,31H2,(H,37,38);1-2H3. The number of pyridine rings is 1. The third kappa shape index (κ3) is 9.70. The predicted octanol–water partition coefficient (Wildman–Crippen LogP) is 6.23. The first-order chi connectivity index (χ1) is 20.2. The Morgan fingerprint density at radius 1 is 1.00 bits per heavy atom. The number of rotatable bonds is 8. The maximum absolute atomic E-state index is 11.1. The van der Waals surface area contributed by atoms with Gasteiger partial charge in [-0.25, -0.2) is 15.0 Å². The lowest BCUT2D eigenvalue weighted by molar-refractivity contribution is -0.138. The first-order valence-corrected chi connectivity index (χ1v) is 16.4. The highest BCUT2D eigenvalue weighted by atomic mass is 35.5. The van der Waals surface area contributed by atoms with E-state index in [1.54, 1.807) is 30.2 Å². The topological polar surface area (TPSA) is 118 Å². The summed E-state index contributed by atoms with van der Waals surface area (Å²) in [4.78, 5) is 29.3. The molecule has 2 saturated heterocycles. The van der Waals surface area contributed by atoms with Gasteiger partial charge in [0.15, 0.2) is 5.75 Å². The van der Waals surface area contributed by atoms with Gasteiger partial charge in [0.1, 0.15) is 0 Å². The number of benzene rings is 1. The summed E-state index contributed by atoms with van der Waals surface area (Å²) in [6.07, 6.45) is 11.2. The van der Waals surface area contributed by atoms with Crippen molar-refractivity contribution in [3.8, 4) is 22.9 Å². The molecule has 0 spiro atoms. The van der Waals surface area contributed by atoms with Crippen LogP contribution in [0.4, 0.5) is 5.95 Å². The van der Waals surface area contributed by atoms with Crippen molar-refractivity contribution in [2.45, 2.75) is 44.7 Å². The van der Waals surface area contributed by atoms with Gasteiger partial charge in [0, 0.05) is 53.8 Å². The third-order valence-electron chi connectivity index (χ3n) is 7.26. The Hall–Kier alpha value is -2.63. The Morgan fingerprint density at radius 3 is 2.21 bits per heavy atom. The van der Waals surface area contributed by atoms with Crippen LogP contribution in [0.2, 0.25) is 10.0 Å². The highest BCUT2D eigenvalue weighted by molar-refractivity contribution is 7.97. The van der Waals surface area contributed by atoms with E-state index in [9.17, 15) is 4.79 Å². The number of carboxylic acids is 1. The van der Waals surface area contributed by atoms with Gasteiger partial charge in [-0.1, -0.05) is 23.2 Å². The Kier molecular flexibility index (Phi) is 12.1. The van der Waals surface area contributed by atoms with Crippen molar-refractivity contribution in [1.29, 1.82) is 0 Å². The fraction of sp³-hybridized carbons (Fsp3) is 0.467. The molecule has 226 valence electrons. The molecular formula is C30H38Cl2N6O3S. The van der Waals surface area contributed by atoms with Gasteiger partial charge in [0.2, 0.25) is 11.8 Å². The van der Waals surface area contributed by atoms with Crippen molar-refractivity contribution in [3.05, 3.63) is 58.3 Å². The molecule has 0 bridgehead atoms. The van der Waals surface area contributed by atoms with Crippen LogP contribution < -0.4 is 15.4 Å². The molecule has 2 aromatic heterocycles. The van der Waals surface area contributed by atoms with Gasteiger partial charge in [-0.15, -0.1) is 0 Å². The van der Waals surface area contributed by atoms with E-state index in [1.165, 1.54) is 0 Å². The first-order valence-electron chi connectivity index (χ1n) is 14.0. The molecule has 0 amide bonds. The largest absolute Gasteiger partial charge is 0.481 e. The van der Waals surface area contributed by atoms with Crippen LogP contribution in [0.3, 0.4) is 0 Å². The zero-order chi connectivity index (χ0) is 30.1. The summed E-state index contributed by atoms with van der Waals surface area (Å²) in [5.41, 5.74) is 8.51. The fourth-order valence-electron chi connectivity index (χ4n) is 5.15. The monoisotopic (exact) mass is 632 g/mol. The number of likely N-dealkylation sites (tertiary alicyclic amines) is 1. The number of carboxylic acid groups (broad SMARTS) is 1. The number of hydrogen-bond donors (Lipinski definition) is 2. The molecule has 1 aromatic carbocycles. The quantitative estimate of drug-likeness (QED) is 0.296. The van der Waals surface area contributed by atoms with E-state index >= 15 is 0 Å². The van der Waals surface area contributed by atoms with E-state index in [0.717, 1.165) is 63.0 Å². The Morgan fingerprint density at radius 2 is 1.62 bits per heavy atom. The minimum Gasteiger partial charge on any atom is -0.481 e. The van der Waals surface area contributed by atoms with Gasteiger partial charge in [0.25, 0.3) is 0 Å². The number of aromatic nitrogens is 3. The first kappa shape index (κ1) is 32.3. The van der Waals surface area contributed by atoms with Gasteiger partial charge < -0.3 is 20.5 Å². The van der Waals surface area contributed by atoms with Crippen LogP contribution in [0.1, 0.15) is 37.7 Å². The lowest BCUT2D eigenvalue weighted by Gasteiger charge is -2.31. The number of ether oxygens (including phenoxy) is 1. The van der Waals surface area contributed by atoms with Crippen molar-refractivity contribution in [2.24, 2.45) is 11.7 Å².